The number of thiazole rings is 1. The SMILES string of the molecule is COC(=O)c1nc2ccc(Nc3nc(-c4ccc(F)c(Cl)c4)cs3)cc2n(N(C)c2ccccc2)c1=O. The van der Waals surface area contributed by atoms with Crippen LogP contribution in [-0.2, 0) is 4.74 Å². The van der Waals surface area contributed by atoms with Crippen molar-refractivity contribution in [2.45, 2.75) is 0 Å². The smallest absolute Gasteiger partial charge is 0.362 e. The average molecular weight is 536 g/mol. The van der Waals surface area contributed by atoms with Crippen molar-refractivity contribution in [1.29, 1.82) is 0 Å². The number of nitrogens with one attached hydrogen (secondary N) is 1. The number of rotatable bonds is 6. The van der Waals surface area contributed by atoms with Gasteiger partial charge in [0.25, 0.3) is 0 Å². The molecule has 37 heavy (non-hydrogen) atoms. The van der Waals surface area contributed by atoms with E-state index in [9.17, 15) is 14.0 Å². The van der Waals surface area contributed by atoms with E-state index in [4.69, 9.17) is 16.3 Å². The Kier molecular flexibility index (Phi) is 6.60. The van der Waals surface area contributed by atoms with Gasteiger partial charge in [-0.3, -0.25) is 9.80 Å². The van der Waals surface area contributed by atoms with Crippen molar-refractivity contribution >= 4 is 56.4 Å². The molecular weight excluding hydrogens is 517 g/mol. The zero-order chi connectivity index (χ0) is 26.1. The first kappa shape index (κ1) is 24.4. The molecule has 0 atom stereocenters. The maximum atomic E-state index is 13.5. The lowest BCUT2D eigenvalue weighted by atomic mass is 10.2. The van der Waals surface area contributed by atoms with Gasteiger partial charge in [0.15, 0.2) is 5.13 Å². The predicted molar refractivity (Wildman–Crippen MR) is 143 cm³/mol. The molecule has 3 aromatic carbocycles. The molecule has 0 radical (unpaired) electrons. The number of para-hydroxylation sites is 1. The van der Waals surface area contributed by atoms with Crippen molar-refractivity contribution in [3.63, 3.8) is 0 Å². The van der Waals surface area contributed by atoms with Crippen LogP contribution in [0.15, 0.2) is 76.9 Å². The van der Waals surface area contributed by atoms with Crippen LogP contribution in [0, 0.1) is 5.82 Å². The first-order valence-corrected chi connectivity index (χ1v) is 12.2. The van der Waals surface area contributed by atoms with Gasteiger partial charge in [0.1, 0.15) is 5.82 Å². The molecule has 8 nitrogen and oxygen atoms in total. The Labute approximate surface area is 219 Å². The number of halogens is 2. The third kappa shape index (κ3) is 4.76. The quantitative estimate of drug-likeness (QED) is 0.277. The van der Waals surface area contributed by atoms with Crippen molar-refractivity contribution in [1.82, 2.24) is 14.6 Å². The molecule has 1 N–H and O–H groups in total. The number of hydrogen-bond acceptors (Lipinski definition) is 8. The summed E-state index contributed by atoms with van der Waals surface area (Å²) in [7, 11) is 2.92. The predicted octanol–water partition coefficient (Wildman–Crippen LogP) is 5.74. The van der Waals surface area contributed by atoms with Crippen molar-refractivity contribution in [2.24, 2.45) is 0 Å². The Morgan fingerprint density at radius 1 is 1.11 bits per heavy atom. The molecule has 186 valence electrons. The van der Waals surface area contributed by atoms with Crippen LogP contribution in [0.4, 0.5) is 20.9 Å². The van der Waals surface area contributed by atoms with Gasteiger partial charge in [-0.2, -0.15) is 0 Å². The number of carbonyl (C=O) groups is 1. The maximum absolute atomic E-state index is 13.5. The van der Waals surface area contributed by atoms with Gasteiger partial charge >= 0.3 is 11.5 Å². The summed E-state index contributed by atoms with van der Waals surface area (Å²) in [6.07, 6.45) is 0. The molecule has 2 heterocycles. The summed E-state index contributed by atoms with van der Waals surface area (Å²) in [4.78, 5) is 34.5. The summed E-state index contributed by atoms with van der Waals surface area (Å²) >= 11 is 7.27. The Morgan fingerprint density at radius 2 is 1.89 bits per heavy atom. The number of methoxy groups -OCH3 is 1. The summed E-state index contributed by atoms with van der Waals surface area (Å²) in [5.74, 6) is -1.31. The van der Waals surface area contributed by atoms with E-state index in [1.165, 1.54) is 35.3 Å². The van der Waals surface area contributed by atoms with Crippen molar-refractivity contribution in [2.75, 3.05) is 24.5 Å². The number of ether oxygens (including phenoxy) is 1. The van der Waals surface area contributed by atoms with Gasteiger partial charge in [0.05, 0.1) is 34.5 Å². The van der Waals surface area contributed by atoms with Crippen LogP contribution in [0.3, 0.4) is 0 Å². The average Bonchev–Trinajstić information content (AvgIpc) is 3.38. The molecule has 0 aliphatic heterocycles. The number of carbonyl (C=O) groups excluding carboxylic acids is 1. The summed E-state index contributed by atoms with van der Waals surface area (Å²) < 4.78 is 19.7. The third-order valence-corrected chi connectivity index (χ3v) is 6.66. The maximum Gasteiger partial charge on any atom is 0.362 e. The number of nitrogens with zero attached hydrogens (tertiary/aromatic N) is 4. The summed E-state index contributed by atoms with van der Waals surface area (Å²) in [6.45, 7) is 0. The minimum absolute atomic E-state index is 0.0221. The molecule has 0 saturated carbocycles. The van der Waals surface area contributed by atoms with Crippen LogP contribution in [-0.4, -0.2) is 34.8 Å². The minimum atomic E-state index is -0.819. The van der Waals surface area contributed by atoms with E-state index in [1.54, 1.807) is 36.3 Å². The van der Waals surface area contributed by atoms with E-state index in [-0.39, 0.29) is 10.7 Å². The fourth-order valence-electron chi connectivity index (χ4n) is 3.77. The zero-order valence-corrected chi connectivity index (χ0v) is 21.2. The van der Waals surface area contributed by atoms with E-state index >= 15 is 0 Å². The Balaban J connectivity index is 1.56. The Hall–Kier alpha value is -4.28. The highest BCUT2D eigenvalue weighted by Gasteiger charge is 2.21. The minimum Gasteiger partial charge on any atom is -0.464 e. The normalized spacial score (nSPS) is 10.9. The molecule has 0 unspecified atom stereocenters. The number of anilines is 3. The van der Waals surface area contributed by atoms with E-state index in [1.807, 2.05) is 35.7 Å². The molecule has 0 aliphatic carbocycles. The van der Waals surface area contributed by atoms with Crippen molar-refractivity contribution < 1.29 is 13.9 Å². The molecule has 0 amide bonds. The largest absolute Gasteiger partial charge is 0.464 e. The molecule has 0 aliphatic rings. The number of fused-ring (bicyclic) bond motifs is 1. The van der Waals surface area contributed by atoms with Crippen LogP contribution in [0.5, 0.6) is 0 Å². The van der Waals surface area contributed by atoms with Crippen LogP contribution < -0.4 is 15.9 Å². The lowest BCUT2D eigenvalue weighted by molar-refractivity contribution is 0.0591. The molecule has 0 spiro atoms. The molecule has 5 aromatic rings. The molecule has 0 bridgehead atoms. The lowest BCUT2D eigenvalue weighted by Gasteiger charge is -2.24. The fraction of sp³-hybridized carbons (Fsp3) is 0.0769. The molecular formula is C26H19ClFN5O3S. The van der Waals surface area contributed by atoms with E-state index < -0.39 is 17.3 Å². The highest BCUT2D eigenvalue weighted by Crippen LogP contribution is 2.30. The summed E-state index contributed by atoms with van der Waals surface area (Å²) in [5.41, 5.74) is 2.66. The summed E-state index contributed by atoms with van der Waals surface area (Å²) in [5, 5.41) is 7.31. The second-order valence-electron chi connectivity index (χ2n) is 7.92. The van der Waals surface area contributed by atoms with Gasteiger partial charge in [-0.25, -0.2) is 23.8 Å². The van der Waals surface area contributed by atoms with Crippen LogP contribution >= 0.6 is 22.9 Å². The number of hydrogen-bond donors (Lipinski definition) is 1. The van der Waals surface area contributed by atoms with Crippen LogP contribution in [0.2, 0.25) is 5.02 Å². The van der Waals surface area contributed by atoms with Gasteiger partial charge in [0, 0.05) is 23.7 Å². The molecule has 11 heteroatoms. The van der Waals surface area contributed by atoms with E-state index in [0.29, 0.717) is 33.1 Å². The van der Waals surface area contributed by atoms with Crippen molar-refractivity contribution in [3.8, 4) is 11.3 Å². The van der Waals surface area contributed by atoms with Gasteiger partial charge in [-0.1, -0.05) is 29.8 Å². The second kappa shape index (κ2) is 10.00. The second-order valence-corrected chi connectivity index (χ2v) is 9.19. The number of benzene rings is 3. The van der Waals surface area contributed by atoms with E-state index in [2.05, 4.69) is 15.3 Å². The van der Waals surface area contributed by atoms with Crippen LogP contribution in [0.1, 0.15) is 10.5 Å². The Morgan fingerprint density at radius 3 is 2.62 bits per heavy atom. The van der Waals surface area contributed by atoms with E-state index in [0.717, 1.165) is 5.69 Å². The first-order chi connectivity index (χ1) is 17.9. The van der Waals surface area contributed by atoms with Gasteiger partial charge in [-0.15, -0.1) is 11.3 Å². The summed E-state index contributed by atoms with van der Waals surface area (Å²) in [6, 6.07) is 18.9. The molecule has 0 saturated heterocycles. The van der Waals surface area contributed by atoms with Gasteiger partial charge in [-0.05, 0) is 48.5 Å². The fourth-order valence-corrected chi connectivity index (χ4v) is 4.69. The highest BCUT2D eigenvalue weighted by molar-refractivity contribution is 7.14. The van der Waals surface area contributed by atoms with Crippen molar-refractivity contribution in [3.05, 3.63) is 99.0 Å². The van der Waals surface area contributed by atoms with Gasteiger partial charge in [0.2, 0.25) is 5.69 Å². The standard InChI is InChI=1S/C26H19ClFN5O3S/c1-32(17-6-4-3-5-7-17)33-22-13-16(9-11-20(22)30-23(24(33)34)25(35)36-2)29-26-31-21(14-37-26)15-8-10-19(28)18(27)12-15/h3-14H,1-2H3,(H,29,31). The molecule has 0 fully saturated rings. The monoisotopic (exact) mass is 535 g/mol. The van der Waals surface area contributed by atoms with Crippen LogP contribution in [0.25, 0.3) is 22.3 Å². The zero-order valence-electron chi connectivity index (χ0n) is 19.6. The first-order valence-electron chi connectivity index (χ1n) is 11.0. The highest BCUT2D eigenvalue weighted by atomic mass is 35.5. The Bertz CT molecular complexity index is 1690. The third-order valence-electron chi connectivity index (χ3n) is 5.61. The van der Waals surface area contributed by atoms with Gasteiger partial charge < -0.3 is 10.1 Å². The topological polar surface area (TPSA) is 89.3 Å². The molecule has 5 rings (SSSR count). The number of esters is 1. The molecule has 2 aromatic heterocycles. The lowest BCUT2D eigenvalue weighted by Crippen LogP contribution is -2.39. The number of aromatic nitrogens is 3.